The fraction of sp³-hybridized carbons (Fsp3) is 0.389. The van der Waals surface area contributed by atoms with Gasteiger partial charge in [0.25, 0.3) is 0 Å². The summed E-state index contributed by atoms with van der Waals surface area (Å²) in [7, 11) is 0. The van der Waals surface area contributed by atoms with Crippen molar-refractivity contribution in [2.24, 2.45) is 0 Å². The highest BCUT2D eigenvalue weighted by molar-refractivity contribution is 5.86. The molecule has 1 fully saturated rings. The smallest absolute Gasteiger partial charge is 0.338 e. The Morgan fingerprint density at radius 2 is 1.86 bits per heavy atom. The van der Waals surface area contributed by atoms with Crippen LogP contribution in [0.4, 0.5) is 0 Å². The van der Waals surface area contributed by atoms with E-state index >= 15 is 0 Å². The monoisotopic (exact) mass is 284 g/mol. The van der Waals surface area contributed by atoms with E-state index < -0.39 is 12.4 Å². The summed E-state index contributed by atoms with van der Waals surface area (Å²) >= 11 is 0. The summed E-state index contributed by atoms with van der Waals surface area (Å²) in [4.78, 5) is 11.9. The van der Waals surface area contributed by atoms with Crippen LogP contribution in [0.25, 0.3) is 10.8 Å². The lowest BCUT2D eigenvalue weighted by atomic mass is 10.0. The maximum Gasteiger partial charge on any atom is 0.338 e. The van der Waals surface area contributed by atoms with E-state index in [2.05, 4.69) is 6.92 Å². The molecule has 0 spiro atoms. The molecule has 3 nitrogen and oxygen atoms in total. The quantitative estimate of drug-likeness (QED) is 0.604. The van der Waals surface area contributed by atoms with Crippen LogP contribution >= 0.6 is 0 Å². The first-order valence-corrected chi connectivity index (χ1v) is 7.63. The zero-order valence-electron chi connectivity index (χ0n) is 12.2. The van der Waals surface area contributed by atoms with Gasteiger partial charge in [0.05, 0.1) is 0 Å². The summed E-state index contributed by atoms with van der Waals surface area (Å²) < 4.78 is 11.3. The molecule has 0 N–H and O–H groups in total. The summed E-state index contributed by atoms with van der Waals surface area (Å²) in [5.74, 6) is -0.232. The van der Waals surface area contributed by atoms with E-state index in [4.69, 9.17) is 9.47 Å². The number of rotatable bonds is 5. The third-order valence-electron chi connectivity index (χ3n) is 3.92. The largest absolute Gasteiger partial charge is 0.429 e. The first-order valence-electron chi connectivity index (χ1n) is 7.63. The van der Waals surface area contributed by atoms with Crippen molar-refractivity contribution in [1.82, 2.24) is 0 Å². The van der Waals surface area contributed by atoms with Crippen LogP contribution in [-0.2, 0) is 14.3 Å². The molecule has 1 aliphatic heterocycles. The zero-order chi connectivity index (χ0) is 14.7. The van der Waals surface area contributed by atoms with Crippen molar-refractivity contribution in [1.29, 1.82) is 0 Å². The Labute approximate surface area is 124 Å². The molecule has 21 heavy (non-hydrogen) atoms. The van der Waals surface area contributed by atoms with Crippen LogP contribution in [0.15, 0.2) is 42.5 Å². The number of hydrogen-bond acceptors (Lipinski definition) is 3. The SMILES string of the molecule is CCCCCC1OC(c2cccc3ccccc23)OC1=O. The van der Waals surface area contributed by atoms with Gasteiger partial charge in [-0.1, -0.05) is 68.7 Å². The molecule has 110 valence electrons. The van der Waals surface area contributed by atoms with E-state index in [1.807, 2.05) is 42.5 Å². The molecule has 3 rings (SSSR count). The molecule has 3 heteroatoms. The maximum absolute atomic E-state index is 11.9. The van der Waals surface area contributed by atoms with Crippen LogP contribution in [0.2, 0.25) is 0 Å². The summed E-state index contributed by atoms with van der Waals surface area (Å²) in [6.45, 7) is 2.15. The first-order chi connectivity index (χ1) is 10.3. The van der Waals surface area contributed by atoms with E-state index in [0.29, 0.717) is 0 Å². The van der Waals surface area contributed by atoms with Crippen LogP contribution in [0, 0.1) is 0 Å². The lowest BCUT2D eigenvalue weighted by Gasteiger charge is -2.12. The predicted molar refractivity (Wildman–Crippen MR) is 81.8 cm³/mol. The number of fused-ring (bicyclic) bond motifs is 1. The lowest BCUT2D eigenvalue weighted by Crippen LogP contribution is -2.15. The number of ether oxygens (including phenoxy) is 2. The predicted octanol–water partition coefficient (Wildman–Crippen LogP) is 4.36. The minimum absolute atomic E-state index is 0.232. The molecule has 0 aromatic heterocycles. The second-order valence-corrected chi connectivity index (χ2v) is 5.46. The van der Waals surface area contributed by atoms with Gasteiger partial charge in [-0.05, 0) is 17.2 Å². The normalized spacial score (nSPS) is 21.7. The molecule has 2 atom stereocenters. The Hall–Kier alpha value is -1.87. The van der Waals surface area contributed by atoms with Gasteiger partial charge in [0.1, 0.15) is 0 Å². The molecule has 2 aromatic rings. The maximum atomic E-state index is 11.9. The number of cyclic esters (lactones) is 1. The fourth-order valence-electron chi connectivity index (χ4n) is 2.77. The van der Waals surface area contributed by atoms with E-state index in [0.717, 1.165) is 42.0 Å². The molecule has 2 unspecified atom stereocenters. The van der Waals surface area contributed by atoms with Crippen molar-refractivity contribution in [3.8, 4) is 0 Å². The Morgan fingerprint density at radius 1 is 1.05 bits per heavy atom. The third kappa shape index (κ3) is 2.93. The van der Waals surface area contributed by atoms with Crippen LogP contribution in [-0.4, -0.2) is 12.1 Å². The number of carbonyl (C=O) groups excluding carboxylic acids is 1. The van der Waals surface area contributed by atoms with Crippen molar-refractivity contribution in [2.45, 2.75) is 45.0 Å². The average molecular weight is 284 g/mol. The van der Waals surface area contributed by atoms with Crippen LogP contribution in [0.5, 0.6) is 0 Å². The number of hydrogen-bond donors (Lipinski definition) is 0. The van der Waals surface area contributed by atoms with E-state index in [1.165, 1.54) is 0 Å². The molecular weight excluding hydrogens is 264 g/mol. The van der Waals surface area contributed by atoms with Gasteiger partial charge in [0, 0.05) is 5.56 Å². The Bertz CT molecular complexity index is 630. The Morgan fingerprint density at radius 3 is 2.71 bits per heavy atom. The average Bonchev–Trinajstić information content (AvgIpc) is 2.88. The fourth-order valence-corrected chi connectivity index (χ4v) is 2.77. The van der Waals surface area contributed by atoms with Gasteiger partial charge in [-0.25, -0.2) is 4.79 Å². The van der Waals surface area contributed by atoms with Crippen LogP contribution < -0.4 is 0 Å². The molecule has 2 aromatic carbocycles. The minimum Gasteiger partial charge on any atom is -0.429 e. The van der Waals surface area contributed by atoms with Crippen LogP contribution in [0.3, 0.4) is 0 Å². The topological polar surface area (TPSA) is 35.5 Å². The standard InChI is InChI=1S/C18H20O3/c1-2-3-4-12-16-17(19)21-18(20-16)15-11-7-9-13-8-5-6-10-14(13)15/h5-11,16,18H,2-4,12H2,1H3. The summed E-state index contributed by atoms with van der Waals surface area (Å²) in [6, 6.07) is 14.1. The van der Waals surface area contributed by atoms with Gasteiger partial charge >= 0.3 is 5.97 Å². The second-order valence-electron chi connectivity index (χ2n) is 5.46. The highest BCUT2D eigenvalue weighted by atomic mass is 16.8. The van der Waals surface area contributed by atoms with E-state index in [-0.39, 0.29) is 5.97 Å². The molecule has 0 bridgehead atoms. The molecule has 0 amide bonds. The van der Waals surface area contributed by atoms with Gasteiger partial charge in [-0.3, -0.25) is 0 Å². The van der Waals surface area contributed by atoms with Crippen molar-refractivity contribution in [3.63, 3.8) is 0 Å². The van der Waals surface area contributed by atoms with Gasteiger partial charge in [-0.15, -0.1) is 0 Å². The molecule has 0 saturated carbocycles. The Balaban J connectivity index is 1.79. The van der Waals surface area contributed by atoms with Gasteiger partial charge in [0.2, 0.25) is 6.29 Å². The van der Waals surface area contributed by atoms with Gasteiger partial charge in [0.15, 0.2) is 6.10 Å². The highest BCUT2D eigenvalue weighted by Gasteiger charge is 2.36. The first kappa shape index (κ1) is 14.1. The molecular formula is C18H20O3. The molecule has 0 radical (unpaired) electrons. The molecule has 1 heterocycles. The third-order valence-corrected chi connectivity index (χ3v) is 3.92. The van der Waals surface area contributed by atoms with Crippen LogP contribution in [0.1, 0.15) is 44.5 Å². The number of benzene rings is 2. The van der Waals surface area contributed by atoms with Crippen molar-refractivity contribution < 1.29 is 14.3 Å². The van der Waals surface area contributed by atoms with E-state index in [1.54, 1.807) is 0 Å². The minimum atomic E-state index is -0.574. The van der Waals surface area contributed by atoms with Crippen molar-refractivity contribution >= 4 is 16.7 Å². The zero-order valence-corrected chi connectivity index (χ0v) is 12.2. The summed E-state index contributed by atoms with van der Waals surface area (Å²) in [5.41, 5.74) is 0.930. The number of carbonyl (C=O) groups is 1. The molecule has 1 aliphatic rings. The lowest BCUT2D eigenvalue weighted by molar-refractivity contribution is -0.144. The molecule has 0 aliphatic carbocycles. The highest BCUT2D eigenvalue weighted by Crippen LogP contribution is 2.34. The van der Waals surface area contributed by atoms with Crippen molar-refractivity contribution in [3.05, 3.63) is 48.0 Å². The Kier molecular flexibility index (Phi) is 4.20. The van der Waals surface area contributed by atoms with E-state index in [9.17, 15) is 4.79 Å². The molecule has 1 saturated heterocycles. The number of unbranched alkanes of at least 4 members (excludes halogenated alkanes) is 2. The van der Waals surface area contributed by atoms with Crippen molar-refractivity contribution in [2.75, 3.05) is 0 Å². The van der Waals surface area contributed by atoms with Gasteiger partial charge < -0.3 is 9.47 Å². The second kappa shape index (κ2) is 6.27. The summed E-state index contributed by atoms with van der Waals surface area (Å²) in [5, 5.41) is 2.20. The van der Waals surface area contributed by atoms with Gasteiger partial charge in [-0.2, -0.15) is 0 Å². The number of esters is 1. The summed E-state index contributed by atoms with van der Waals surface area (Å²) in [6.07, 6.45) is 3.00.